The molecule has 0 spiro atoms. The Kier molecular flexibility index (Phi) is 5.96. The fourth-order valence-corrected chi connectivity index (χ4v) is 5.91. The lowest BCUT2D eigenvalue weighted by Gasteiger charge is -2.24. The number of carbonyl (C=O) groups is 2. The number of nitrogens with zero attached hydrogens (tertiary/aromatic N) is 3. The number of para-hydroxylation sites is 1. The van der Waals surface area contributed by atoms with E-state index < -0.39 is 23.4 Å². The Hall–Kier alpha value is -3.85. The van der Waals surface area contributed by atoms with Crippen LogP contribution in [0.3, 0.4) is 0 Å². The van der Waals surface area contributed by atoms with E-state index in [0.717, 1.165) is 17.0 Å². The molecule has 9 heteroatoms. The Morgan fingerprint density at radius 1 is 1.14 bits per heavy atom. The van der Waals surface area contributed by atoms with Gasteiger partial charge in [-0.15, -0.1) is 0 Å². The number of benzene rings is 2. The monoisotopic (exact) mass is 505 g/mol. The third-order valence-corrected chi connectivity index (χ3v) is 7.34. The van der Waals surface area contributed by atoms with Crippen LogP contribution < -0.4 is 19.8 Å². The van der Waals surface area contributed by atoms with Crippen molar-refractivity contribution in [2.45, 2.75) is 39.8 Å². The maximum atomic E-state index is 14.0. The Bertz CT molecular complexity index is 1620. The van der Waals surface area contributed by atoms with Crippen molar-refractivity contribution >= 4 is 34.5 Å². The number of fused-ring (bicyclic) bond motifs is 2. The van der Waals surface area contributed by atoms with Crippen LogP contribution in [0.4, 0.5) is 10.1 Å². The number of anilines is 1. The fraction of sp³-hybridized carbons (Fsp3) is 0.259. The lowest BCUT2D eigenvalue weighted by atomic mass is 9.96. The van der Waals surface area contributed by atoms with Gasteiger partial charge in [0.2, 0.25) is 0 Å². The molecule has 0 radical (unpaired) electrons. The van der Waals surface area contributed by atoms with Crippen molar-refractivity contribution in [1.29, 1.82) is 0 Å². The summed E-state index contributed by atoms with van der Waals surface area (Å²) in [5, 5.41) is 0. The smallest absolute Gasteiger partial charge is 0.338 e. The van der Waals surface area contributed by atoms with Gasteiger partial charge in [0.25, 0.3) is 11.5 Å². The van der Waals surface area contributed by atoms with Gasteiger partial charge in [-0.05, 0) is 51.5 Å². The number of halogens is 1. The van der Waals surface area contributed by atoms with Crippen LogP contribution in [0.1, 0.15) is 44.9 Å². The molecule has 1 atom stereocenters. The third kappa shape index (κ3) is 3.62. The Morgan fingerprint density at radius 2 is 1.83 bits per heavy atom. The van der Waals surface area contributed by atoms with Crippen molar-refractivity contribution in [2.75, 3.05) is 11.5 Å². The van der Waals surface area contributed by atoms with Gasteiger partial charge in [-0.3, -0.25) is 14.2 Å². The number of thiazole rings is 1. The summed E-state index contributed by atoms with van der Waals surface area (Å²) in [5.74, 6) is -1.29. The van der Waals surface area contributed by atoms with E-state index in [9.17, 15) is 18.8 Å². The van der Waals surface area contributed by atoms with Crippen molar-refractivity contribution in [3.63, 3.8) is 0 Å². The molecule has 0 unspecified atom stereocenters. The van der Waals surface area contributed by atoms with E-state index in [0.29, 0.717) is 27.2 Å². The number of esters is 1. The van der Waals surface area contributed by atoms with Crippen LogP contribution in [0, 0.1) is 5.82 Å². The highest BCUT2D eigenvalue weighted by Crippen LogP contribution is 2.36. The van der Waals surface area contributed by atoms with Gasteiger partial charge in [-0.1, -0.05) is 41.7 Å². The fourth-order valence-electron chi connectivity index (χ4n) is 4.77. The molecule has 2 aromatic carbocycles. The van der Waals surface area contributed by atoms with Crippen molar-refractivity contribution in [1.82, 2.24) is 4.57 Å². The standard InChI is InChI=1S/C27H24FN3O4S/c1-5-35-26(34)20-15(4)29-27-31(22(20)16-10-12-17(28)13-11-16)25(33)23(36-27)21-18-8-6-7-9-19(18)30(14(2)3)24(21)32/h6-14,22H,5H2,1-4H3/b23-21+/t22-/m0/s1. The van der Waals surface area contributed by atoms with Gasteiger partial charge in [-0.2, -0.15) is 0 Å². The van der Waals surface area contributed by atoms with E-state index >= 15 is 0 Å². The number of aromatic nitrogens is 1. The van der Waals surface area contributed by atoms with Gasteiger partial charge in [0, 0.05) is 11.6 Å². The average Bonchev–Trinajstić information content (AvgIpc) is 3.31. The Balaban J connectivity index is 1.82. The zero-order chi connectivity index (χ0) is 25.7. The molecule has 0 saturated carbocycles. The van der Waals surface area contributed by atoms with E-state index in [1.165, 1.54) is 28.8 Å². The molecule has 2 aliphatic rings. The first kappa shape index (κ1) is 23.9. The molecule has 0 aliphatic carbocycles. The summed E-state index contributed by atoms with van der Waals surface area (Å²) in [6, 6.07) is 12.0. The molecule has 1 amide bonds. The number of hydrogen-bond donors (Lipinski definition) is 0. The number of rotatable bonds is 4. The van der Waals surface area contributed by atoms with Crippen molar-refractivity contribution in [3.05, 3.63) is 96.4 Å². The average molecular weight is 506 g/mol. The molecule has 5 rings (SSSR count). The summed E-state index contributed by atoms with van der Waals surface area (Å²) in [7, 11) is 0. The molecule has 3 aromatic rings. The maximum absolute atomic E-state index is 14.0. The normalized spacial score (nSPS) is 18.3. The zero-order valence-corrected chi connectivity index (χ0v) is 21.1. The van der Waals surface area contributed by atoms with Crippen molar-refractivity contribution < 1.29 is 18.7 Å². The molecule has 184 valence electrons. The molecule has 1 aromatic heterocycles. The van der Waals surface area contributed by atoms with Crippen LogP contribution in [0.5, 0.6) is 0 Å². The third-order valence-electron chi connectivity index (χ3n) is 6.29. The van der Waals surface area contributed by atoms with Gasteiger partial charge in [0.15, 0.2) is 4.80 Å². The molecule has 0 saturated heterocycles. The minimum atomic E-state index is -0.872. The Labute approximate surface area is 210 Å². The minimum absolute atomic E-state index is 0.107. The molecular weight excluding hydrogens is 481 g/mol. The lowest BCUT2D eigenvalue weighted by molar-refractivity contribution is -0.139. The van der Waals surface area contributed by atoms with Crippen LogP contribution in [-0.4, -0.2) is 29.1 Å². The summed E-state index contributed by atoms with van der Waals surface area (Å²) in [6.45, 7) is 7.36. The second-order valence-electron chi connectivity index (χ2n) is 8.84. The van der Waals surface area contributed by atoms with E-state index in [2.05, 4.69) is 4.99 Å². The molecular formula is C27H24FN3O4S. The topological polar surface area (TPSA) is 81.0 Å². The van der Waals surface area contributed by atoms with Gasteiger partial charge < -0.3 is 9.64 Å². The van der Waals surface area contributed by atoms with E-state index in [1.54, 1.807) is 18.7 Å². The van der Waals surface area contributed by atoms with E-state index in [4.69, 9.17) is 4.74 Å². The van der Waals surface area contributed by atoms with Crippen LogP contribution >= 0.6 is 11.3 Å². The molecule has 0 N–H and O–H groups in total. The first-order valence-electron chi connectivity index (χ1n) is 11.6. The van der Waals surface area contributed by atoms with Crippen LogP contribution in [0.15, 0.2) is 69.6 Å². The molecule has 2 aliphatic heterocycles. The molecule has 36 heavy (non-hydrogen) atoms. The first-order valence-corrected chi connectivity index (χ1v) is 12.5. The molecule has 3 heterocycles. The second kappa shape index (κ2) is 8.98. The lowest BCUT2D eigenvalue weighted by Crippen LogP contribution is -2.41. The number of ether oxygens (including phenoxy) is 1. The van der Waals surface area contributed by atoms with E-state index in [1.807, 2.05) is 38.1 Å². The number of amides is 1. The summed E-state index contributed by atoms with van der Waals surface area (Å²) in [4.78, 5) is 47.1. The summed E-state index contributed by atoms with van der Waals surface area (Å²) < 4.78 is 20.7. The van der Waals surface area contributed by atoms with Crippen LogP contribution in [0.25, 0.3) is 5.57 Å². The van der Waals surface area contributed by atoms with Crippen molar-refractivity contribution in [3.8, 4) is 0 Å². The number of carbonyl (C=O) groups excluding carboxylic acids is 2. The number of hydrogen-bond acceptors (Lipinski definition) is 6. The summed E-state index contributed by atoms with van der Waals surface area (Å²) >= 11 is 1.11. The number of allylic oxidation sites excluding steroid dienone is 1. The summed E-state index contributed by atoms with van der Waals surface area (Å²) in [6.07, 6.45) is 0. The van der Waals surface area contributed by atoms with Crippen LogP contribution in [-0.2, 0) is 14.3 Å². The van der Waals surface area contributed by atoms with Gasteiger partial charge in [0.05, 0.1) is 35.2 Å². The predicted octanol–water partition coefficient (Wildman–Crippen LogP) is 3.06. The highest BCUT2D eigenvalue weighted by molar-refractivity contribution is 7.07. The molecule has 0 fully saturated rings. The minimum Gasteiger partial charge on any atom is -0.463 e. The SMILES string of the molecule is CCOC(=O)C1=C(C)N=c2s/c(=C3/C(=O)N(C(C)C)c4ccccc43)c(=O)n2[C@H]1c1ccc(F)cc1. The Morgan fingerprint density at radius 3 is 2.50 bits per heavy atom. The first-order chi connectivity index (χ1) is 17.2. The van der Waals surface area contributed by atoms with Crippen LogP contribution in [0.2, 0.25) is 0 Å². The predicted molar refractivity (Wildman–Crippen MR) is 135 cm³/mol. The van der Waals surface area contributed by atoms with Gasteiger partial charge in [-0.25, -0.2) is 14.2 Å². The summed E-state index contributed by atoms with van der Waals surface area (Å²) in [5.41, 5.74) is 2.45. The van der Waals surface area contributed by atoms with Gasteiger partial charge in [0.1, 0.15) is 10.3 Å². The zero-order valence-electron chi connectivity index (χ0n) is 20.2. The largest absolute Gasteiger partial charge is 0.463 e. The molecule has 7 nitrogen and oxygen atoms in total. The van der Waals surface area contributed by atoms with Crippen molar-refractivity contribution in [2.24, 2.45) is 4.99 Å². The highest BCUT2D eigenvalue weighted by Gasteiger charge is 2.38. The quantitative estimate of drug-likeness (QED) is 0.511. The molecule has 0 bridgehead atoms. The van der Waals surface area contributed by atoms with E-state index in [-0.39, 0.29) is 28.7 Å². The highest BCUT2D eigenvalue weighted by atomic mass is 32.1. The maximum Gasteiger partial charge on any atom is 0.338 e. The second-order valence-corrected chi connectivity index (χ2v) is 9.81. The van der Waals surface area contributed by atoms with Gasteiger partial charge >= 0.3 is 5.97 Å².